The van der Waals surface area contributed by atoms with Crippen LogP contribution in [0.1, 0.15) is 50.6 Å². The second-order valence-corrected chi connectivity index (χ2v) is 5.93. The van der Waals surface area contributed by atoms with Crippen molar-refractivity contribution in [1.29, 1.82) is 0 Å². The quantitative estimate of drug-likeness (QED) is 0.824. The first-order chi connectivity index (χ1) is 9.19. The molecule has 2 rings (SSSR count). The van der Waals surface area contributed by atoms with E-state index in [-0.39, 0.29) is 11.9 Å². The first kappa shape index (κ1) is 14.8. The van der Waals surface area contributed by atoms with Crippen molar-refractivity contribution in [1.82, 2.24) is 5.32 Å². The maximum Gasteiger partial charge on any atom is 0.129 e. The highest BCUT2D eigenvalue weighted by Crippen LogP contribution is 2.42. The fraction of sp³-hybridized carbons (Fsp3) is 0.625. The molecule has 0 amide bonds. The van der Waals surface area contributed by atoms with E-state index in [0.717, 1.165) is 12.8 Å². The molecule has 1 fully saturated rings. The SMILES string of the molecule is CCC1CCCCC1C(NC)c1c(F)cccc1Cl. The van der Waals surface area contributed by atoms with Gasteiger partial charge in [0.1, 0.15) is 5.82 Å². The maximum atomic E-state index is 14.1. The second-order valence-electron chi connectivity index (χ2n) is 5.52. The van der Waals surface area contributed by atoms with E-state index in [1.807, 2.05) is 7.05 Å². The summed E-state index contributed by atoms with van der Waals surface area (Å²) in [5.41, 5.74) is 0.650. The Hall–Kier alpha value is -0.600. The highest BCUT2D eigenvalue weighted by molar-refractivity contribution is 6.31. The molecule has 1 aliphatic carbocycles. The van der Waals surface area contributed by atoms with E-state index in [0.29, 0.717) is 22.4 Å². The van der Waals surface area contributed by atoms with E-state index in [9.17, 15) is 4.39 Å². The smallest absolute Gasteiger partial charge is 0.129 e. The molecule has 106 valence electrons. The summed E-state index contributed by atoms with van der Waals surface area (Å²) >= 11 is 6.23. The Kier molecular flexibility index (Phi) is 5.23. The molecule has 3 heteroatoms. The van der Waals surface area contributed by atoms with Crippen molar-refractivity contribution in [2.75, 3.05) is 7.05 Å². The monoisotopic (exact) mass is 283 g/mol. The third kappa shape index (κ3) is 3.11. The Bertz CT molecular complexity index is 401. The van der Waals surface area contributed by atoms with Crippen LogP contribution in [0.5, 0.6) is 0 Å². The summed E-state index contributed by atoms with van der Waals surface area (Å²) in [6.07, 6.45) is 6.12. The predicted molar refractivity (Wildman–Crippen MR) is 78.9 cm³/mol. The normalized spacial score (nSPS) is 25.3. The Morgan fingerprint density at radius 2 is 2.11 bits per heavy atom. The van der Waals surface area contributed by atoms with Crippen LogP contribution in [-0.2, 0) is 0 Å². The zero-order valence-electron chi connectivity index (χ0n) is 11.8. The Morgan fingerprint density at radius 3 is 2.74 bits per heavy atom. The van der Waals surface area contributed by atoms with Crippen molar-refractivity contribution in [3.63, 3.8) is 0 Å². The van der Waals surface area contributed by atoms with Crippen molar-refractivity contribution in [3.05, 3.63) is 34.6 Å². The lowest BCUT2D eigenvalue weighted by molar-refractivity contribution is 0.178. The summed E-state index contributed by atoms with van der Waals surface area (Å²) in [5.74, 6) is 0.965. The van der Waals surface area contributed by atoms with Crippen LogP contribution in [0.2, 0.25) is 5.02 Å². The van der Waals surface area contributed by atoms with Crippen molar-refractivity contribution >= 4 is 11.6 Å². The van der Waals surface area contributed by atoms with E-state index in [1.165, 1.54) is 25.3 Å². The Morgan fingerprint density at radius 1 is 1.37 bits per heavy atom. The highest BCUT2D eigenvalue weighted by Gasteiger charge is 2.33. The lowest BCUT2D eigenvalue weighted by Gasteiger charge is -2.37. The van der Waals surface area contributed by atoms with Crippen molar-refractivity contribution in [2.24, 2.45) is 11.8 Å². The topological polar surface area (TPSA) is 12.0 Å². The molecule has 0 saturated heterocycles. The van der Waals surface area contributed by atoms with Gasteiger partial charge in [0.2, 0.25) is 0 Å². The van der Waals surface area contributed by atoms with Gasteiger partial charge in [0.25, 0.3) is 0 Å². The van der Waals surface area contributed by atoms with Gasteiger partial charge in [-0.15, -0.1) is 0 Å². The van der Waals surface area contributed by atoms with E-state index in [1.54, 1.807) is 12.1 Å². The van der Waals surface area contributed by atoms with Crippen LogP contribution in [-0.4, -0.2) is 7.05 Å². The van der Waals surface area contributed by atoms with Crippen LogP contribution in [0.15, 0.2) is 18.2 Å². The molecule has 1 aromatic carbocycles. The predicted octanol–water partition coefficient (Wildman–Crippen LogP) is 4.96. The van der Waals surface area contributed by atoms with E-state index in [2.05, 4.69) is 12.2 Å². The molecule has 3 unspecified atom stereocenters. The molecule has 0 spiro atoms. The number of benzene rings is 1. The van der Waals surface area contributed by atoms with Crippen molar-refractivity contribution in [3.8, 4) is 0 Å². The van der Waals surface area contributed by atoms with Gasteiger partial charge in [0, 0.05) is 16.6 Å². The fourth-order valence-corrected chi connectivity index (χ4v) is 3.84. The summed E-state index contributed by atoms with van der Waals surface area (Å²) in [5, 5.41) is 3.85. The molecule has 0 aliphatic heterocycles. The van der Waals surface area contributed by atoms with Crippen LogP contribution in [0, 0.1) is 17.7 Å². The van der Waals surface area contributed by atoms with Crippen LogP contribution in [0.4, 0.5) is 4.39 Å². The molecule has 0 radical (unpaired) electrons. The summed E-state index contributed by atoms with van der Waals surface area (Å²) in [6.45, 7) is 2.23. The first-order valence-corrected chi connectivity index (χ1v) is 7.68. The Labute approximate surface area is 120 Å². The van der Waals surface area contributed by atoms with Crippen molar-refractivity contribution in [2.45, 2.75) is 45.1 Å². The van der Waals surface area contributed by atoms with Gasteiger partial charge in [-0.2, -0.15) is 0 Å². The standard InChI is InChI=1S/C16H23ClFN/c1-3-11-7-4-5-8-12(11)16(19-2)15-13(17)9-6-10-14(15)18/h6,9-12,16,19H,3-5,7-8H2,1-2H3. The van der Waals surface area contributed by atoms with Gasteiger partial charge in [0.15, 0.2) is 0 Å². The van der Waals surface area contributed by atoms with Gasteiger partial charge in [-0.25, -0.2) is 4.39 Å². The van der Waals surface area contributed by atoms with E-state index < -0.39 is 0 Å². The molecule has 3 atom stereocenters. The third-order valence-corrected chi connectivity index (χ3v) is 4.87. The van der Waals surface area contributed by atoms with E-state index >= 15 is 0 Å². The largest absolute Gasteiger partial charge is 0.313 e. The lowest BCUT2D eigenvalue weighted by Crippen LogP contribution is -2.33. The van der Waals surface area contributed by atoms with Gasteiger partial charge in [-0.3, -0.25) is 0 Å². The average molecular weight is 284 g/mol. The van der Waals surface area contributed by atoms with Crippen molar-refractivity contribution < 1.29 is 4.39 Å². The first-order valence-electron chi connectivity index (χ1n) is 7.30. The third-order valence-electron chi connectivity index (χ3n) is 4.54. The summed E-state index contributed by atoms with van der Waals surface area (Å²) < 4.78 is 14.1. The Balaban J connectivity index is 2.33. The molecule has 19 heavy (non-hydrogen) atoms. The molecule has 1 N–H and O–H groups in total. The zero-order valence-corrected chi connectivity index (χ0v) is 12.5. The maximum absolute atomic E-state index is 14.1. The van der Waals surface area contributed by atoms with Gasteiger partial charge in [-0.05, 0) is 37.4 Å². The van der Waals surface area contributed by atoms with Gasteiger partial charge in [-0.1, -0.05) is 50.3 Å². The molecule has 1 aliphatic rings. The van der Waals surface area contributed by atoms with Gasteiger partial charge >= 0.3 is 0 Å². The van der Waals surface area contributed by atoms with E-state index in [4.69, 9.17) is 11.6 Å². The molecule has 0 bridgehead atoms. The van der Waals surface area contributed by atoms with Gasteiger partial charge in [0.05, 0.1) is 0 Å². The molecular formula is C16H23ClFN. The molecule has 1 nitrogen and oxygen atoms in total. The average Bonchev–Trinajstić information content (AvgIpc) is 2.43. The minimum absolute atomic E-state index is 0.0268. The zero-order chi connectivity index (χ0) is 13.8. The second kappa shape index (κ2) is 6.71. The molecule has 0 heterocycles. The molecule has 1 saturated carbocycles. The molecule has 0 aromatic heterocycles. The number of hydrogen-bond donors (Lipinski definition) is 1. The van der Waals surface area contributed by atoms with Crippen LogP contribution in [0.3, 0.4) is 0 Å². The lowest BCUT2D eigenvalue weighted by atomic mass is 9.72. The number of rotatable bonds is 4. The van der Waals surface area contributed by atoms with Crippen LogP contribution in [0.25, 0.3) is 0 Å². The summed E-state index contributed by atoms with van der Waals surface area (Å²) in [7, 11) is 1.91. The van der Waals surface area contributed by atoms with Crippen LogP contribution >= 0.6 is 11.6 Å². The minimum atomic E-state index is -0.188. The number of nitrogens with one attached hydrogen (secondary N) is 1. The number of hydrogen-bond acceptors (Lipinski definition) is 1. The minimum Gasteiger partial charge on any atom is -0.313 e. The van der Waals surface area contributed by atoms with Crippen LogP contribution < -0.4 is 5.32 Å². The highest BCUT2D eigenvalue weighted by atomic mass is 35.5. The molecular weight excluding hydrogens is 261 g/mol. The summed E-state index contributed by atoms with van der Waals surface area (Å²) in [4.78, 5) is 0. The molecule has 1 aromatic rings. The van der Waals surface area contributed by atoms with Gasteiger partial charge < -0.3 is 5.32 Å². The fourth-order valence-electron chi connectivity index (χ4n) is 3.56. The number of halogens is 2. The summed E-state index contributed by atoms with van der Waals surface area (Å²) in [6, 6.07) is 4.99.